The Morgan fingerprint density at radius 2 is 1.14 bits per heavy atom. The maximum Gasteiger partial charge on any atom is 0.202 e. The van der Waals surface area contributed by atoms with Crippen LogP contribution in [0.2, 0.25) is 0 Å². The Balaban J connectivity index is 1.40. The van der Waals surface area contributed by atoms with Crippen molar-refractivity contribution >= 4 is 33.3 Å². The number of rotatable bonds is 10. The second-order valence-electron chi connectivity index (χ2n) is 4.91. The molecule has 0 fully saturated rings. The molecule has 0 unspecified atom stereocenters. The van der Waals surface area contributed by atoms with Gasteiger partial charge in [0.1, 0.15) is 11.6 Å². The predicted octanol–water partition coefficient (Wildman–Crippen LogP) is 3.48. The highest BCUT2D eigenvalue weighted by molar-refractivity contribution is 7.09. The molecule has 2 aromatic heterocycles. The van der Waals surface area contributed by atoms with Gasteiger partial charge in [-0.05, 0) is 26.7 Å². The lowest BCUT2D eigenvalue weighted by Crippen LogP contribution is -2.02. The van der Waals surface area contributed by atoms with Crippen LogP contribution in [0.3, 0.4) is 0 Å². The quantitative estimate of drug-likeness (QED) is 0.651. The fraction of sp³-hybridized carbons (Fsp3) is 0.692. The highest BCUT2D eigenvalue weighted by Gasteiger charge is 1.99. The summed E-state index contributed by atoms with van der Waals surface area (Å²) < 4.78 is 8.29. The minimum Gasteiger partial charge on any atom is -0.360 e. The van der Waals surface area contributed by atoms with Gasteiger partial charge < -0.3 is 10.6 Å². The van der Waals surface area contributed by atoms with Crippen LogP contribution in [0.15, 0.2) is 0 Å². The second kappa shape index (κ2) is 8.89. The molecule has 0 atom stereocenters. The molecule has 0 aliphatic rings. The van der Waals surface area contributed by atoms with Crippen LogP contribution in [0.4, 0.5) is 10.3 Å². The Kier molecular flexibility index (Phi) is 6.81. The van der Waals surface area contributed by atoms with E-state index in [4.69, 9.17) is 0 Å². The van der Waals surface area contributed by atoms with Crippen LogP contribution in [0, 0.1) is 13.8 Å². The Hall–Kier alpha value is -1.28. The van der Waals surface area contributed by atoms with Crippen molar-refractivity contribution in [2.45, 2.75) is 46.0 Å². The van der Waals surface area contributed by atoms with Crippen molar-refractivity contribution in [2.75, 3.05) is 23.7 Å². The summed E-state index contributed by atoms with van der Waals surface area (Å²) in [6.07, 6.45) is 6.14. The molecule has 0 aromatic carbocycles. The van der Waals surface area contributed by atoms with E-state index in [1.807, 2.05) is 13.8 Å². The van der Waals surface area contributed by atoms with Gasteiger partial charge >= 0.3 is 0 Å². The van der Waals surface area contributed by atoms with E-state index in [9.17, 15) is 0 Å². The summed E-state index contributed by atoms with van der Waals surface area (Å²) in [5, 5.41) is 8.49. The maximum absolute atomic E-state index is 4.28. The van der Waals surface area contributed by atoms with E-state index < -0.39 is 0 Å². The van der Waals surface area contributed by atoms with Crippen LogP contribution in [0.1, 0.15) is 43.8 Å². The van der Waals surface area contributed by atoms with E-state index in [0.29, 0.717) is 0 Å². The lowest BCUT2D eigenvalue weighted by atomic mass is 10.1. The van der Waals surface area contributed by atoms with E-state index in [-0.39, 0.29) is 0 Å². The van der Waals surface area contributed by atoms with Crippen LogP contribution in [0.25, 0.3) is 0 Å². The van der Waals surface area contributed by atoms with Crippen molar-refractivity contribution in [3.05, 3.63) is 11.6 Å². The number of nitrogens with zero attached hydrogens (tertiary/aromatic N) is 4. The topological polar surface area (TPSA) is 75.6 Å². The van der Waals surface area contributed by atoms with Gasteiger partial charge in [-0.1, -0.05) is 19.3 Å². The van der Waals surface area contributed by atoms with Gasteiger partial charge in [-0.2, -0.15) is 8.75 Å². The van der Waals surface area contributed by atoms with Crippen LogP contribution in [-0.2, 0) is 0 Å². The van der Waals surface area contributed by atoms with E-state index in [1.54, 1.807) is 0 Å². The molecule has 0 aliphatic carbocycles. The molecule has 0 saturated heterocycles. The van der Waals surface area contributed by atoms with Crippen molar-refractivity contribution in [2.24, 2.45) is 0 Å². The van der Waals surface area contributed by atoms with E-state index in [1.165, 1.54) is 55.2 Å². The first kappa shape index (κ1) is 16.1. The Morgan fingerprint density at radius 3 is 1.52 bits per heavy atom. The van der Waals surface area contributed by atoms with E-state index >= 15 is 0 Å². The summed E-state index contributed by atoms with van der Waals surface area (Å²) in [6.45, 7) is 5.80. The third-order valence-corrected chi connectivity index (χ3v) is 4.49. The SMILES string of the molecule is Cc1nsc(NCCCCCCCNc2nc(C)ns2)n1. The average molecular weight is 326 g/mol. The van der Waals surface area contributed by atoms with Gasteiger partial charge in [0.2, 0.25) is 10.3 Å². The summed E-state index contributed by atoms with van der Waals surface area (Å²) in [5.74, 6) is 1.70. The van der Waals surface area contributed by atoms with Crippen LogP contribution in [-0.4, -0.2) is 31.8 Å². The third-order valence-electron chi connectivity index (χ3n) is 2.96. The van der Waals surface area contributed by atoms with Gasteiger partial charge in [0.25, 0.3) is 0 Å². The molecule has 2 aromatic rings. The number of hydrogen-bond acceptors (Lipinski definition) is 8. The first-order chi connectivity index (χ1) is 10.2. The molecule has 0 bridgehead atoms. The molecular formula is C13H22N6S2. The molecule has 2 rings (SSSR count). The fourth-order valence-electron chi connectivity index (χ4n) is 1.91. The zero-order valence-electron chi connectivity index (χ0n) is 12.6. The molecule has 2 heterocycles. The zero-order chi connectivity index (χ0) is 14.9. The van der Waals surface area contributed by atoms with Crippen molar-refractivity contribution < 1.29 is 0 Å². The second-order valence-corrected chi connectivity index (χ2v) is 6.42. The van der Waals surface area contributed by atoms with Crippen molar-refractivity contribution in [3.8, 4) is 0 Å². The first-order valence-electron chi connectivity index (χ1n) is 7.32. The van der Waals surface area contributed by atoms with Crippen molar-refractivity contribution in [1.29, 1.82) is 0 Å². The highest BCUT2D eigenvalue weighted by Crippen LogP contribution is 2.12. The van der Waals surface area contributed by atoms with Gasteiger partial charge in [-0.15, -0.1) is 0 Å². The molecule has 0 saturated carbocycles. The van der Waals surface area contributed by atoms with Crippen molar-refractivity contribution in [3.63, 3.8) is 0 Å². The standard InChI is InChI=1S/C13H22N6S2/c1-10-16-12(20-18-10)14-8-6-4-3-5-7-9-15-13-17-11(2)19-21-13/h3-9H2,1-2H3,(H,14,16,18)(H,15,17,19). The van der Waals surface area contributed by atoms with Gasteiger partial charge in [0.15, 0.2) is 0 Å². The minimum atomic E-state index is 0.848. The summed E-state index contributed by atoms with van der Waals surface area (Å²) in [5.41, 5.74) is 0. The van der Waals surface area contributed by atoms with Gasteiger partial charge in [-0.3, -0.25) is 0 Å². The zero-order valence-corrected chi connectivity index (χ0v) is 14.2. The molecule has 8 heteroatoms. The van der Waals surface area contributed by atoms with Crippen LogP contribution >= 0.6 is 23.1 Å². The summed E-state index contributed by atoms with van der Waals surface area (Å²) in [6, 6.07) is 0. The Morgan fingerprint density at radius 1 is 0.714 bits per heavy atom. The smallest absolute Gasteiger partial charge is 0.202 e. The fourth-order valence-corrected chi connectivity index (χ4v) is 3.11. The predicted molar refractivity (Wildman–Crippen MR) is 89.4 cm³/mol. The molecule has 0 radical (unpaired) electrons. The lowest BCUT2D eigenvalue weighted by molar-refractivity contribution is 0.635. The molecule has 6 nitrogen and oxygen atoms in total. The Labute approximate surface area is 133 Å². The molecule has 2 N–H and O–H groups in total. The van der Waals surface area contributed by atoms with Gasteiger partial charge in [-0.25, -0.2) is 9.97 Å². The highest BCUT2D eigenvalue weighted by atomic mass is 32.1. The monoisotopic (exact) mass is 326 g/mol. The third kappa shape index (κ3) is 6.34. The first-order valence-corrected chi connectivity index (χ1v) is 8.87. The summed E-state index contributed by atoms with van der Waals surface area (Å²) in [7, 11) is 0. The summed E-state index contributed by atoms with van der Waals surface area (Å²) >= 11 is 2.87. The maximum atomic E-state index is 4.28. The van der Waals surface area contributed by atoms with Crippen molar-refractivity contribution in [1.82, 2.24) is 18.7 Å². The van der Waals surface area contributed by atoms with Gasteiger partial charge in [0, 0.05) is 36.2 Å². The van der Waals surface area contributed by atoms with Crippen LogP contribution < -0.4 is 10.6 Å². The Bertz CT molecular complexity index is 478. The molecule has 0 aliphatic heterocycles. The molecule has 21 heavy (non-hydrogen) atoms. The van der Waals surface area contributed by atoms with Gasteiger partial charge in [0.05, 0.1) is 0 Å². The number of aromatic nitrogens is 4. The molecule has 0 spiro atoms. The number of hydrogen-bond donors (Lipinski definition) is 2. The van der Waals surface area contributed by atoms with E-state index in [2.05, 4.69) is 29.3 Å². The van der Waals surface area contributed by atoms with Crippen LogP contribution in [0.5, 0.6) is 0 Å². The number of anilines is 2. The normalized spacial score (nSPS) is 10.8. The van der Waals surface area contributed by atoms with E-state index in [0.717, 1.165) is 35.0 Å². The summed E-state index contributed by atoms with van der Waals surface area (Å²) in [4.78, 5) is 8.55. The number of unbranched alkanes of at least 4 members (excludes halogenated alkanes) is 4. The average Bonchev–Trinajstić information content (AvgIpc) is 3.06. The molecular weight excluding hydrogens is 304 g/mol. The molecule has 116 valence electrons. The molecule has 0 amide bonds. The number of nitrogens with one attached hydrogen (secondary N) is 2. The largest absolute Gasteiger partial charge is 0.360 e. The lowest BCUT2D eigenvalue weighted by Gasteiger charge is -2.03. The minimum absolute atomic E-state index is 0.848. The number of aryl methyl sites for hydroxylation is 2.